The molecule has 4 heteroatoms. The average molecular weight is 262 g/mol. The second-order valence-corrected chi connectivity index (χ2v) is 5.07. The van der Waals surface area contributed by atoms with Gasteiger partial charge in [-0.25, -0.2) is 0 Å². The fourth-order valence-corrected chi connectivity index (χ4v) is 2.57. The lowest BCUT2D eigenvalue weighted by molar-refractivity contribution is -0.120. The molecule has 0 spiro atoms. The van der Waals surface area contributed by atoms with E-state index in [0.29, 0.717) is 5.92 Å². The van der Waals surface area contributed by atoms with E-state index in [4.69, 9.17) is 10.5 Å². The van der Waals surface area contributed by atoms with E-state index in [9.17, 15) is 4.79 Å². The van der Waals surface area contributed by atoms with Gasteiger partial charge in [0.25, 0.3) is 5.91 Å². The van der Waals surface area contributed by atoms with Crippen LogP contribution in [0.15, 0.2) is 18.2 Å². The highest BCUT2D eigenvalue weighted by molar-refractivity contribution is 5.97. The van der Waals surface area contributed by atoms with Crippen LogP contribution in [-0.2, 0) is 4.79 Å². The summed E-state index contributed by atoms with van der Waals surface area (Å²) in [6.45, 7) is 4.43. The first-order valence-electron chi connectivity index (χ1n) is 6.87. The lowest BCUT2D eigenvalue weighted by Gasteiger charge is -2.28. The molecular formula is C15H22N2O2. The monoisotopic (exact) mass is 262 g/mol. The van der Waals surface area contributed by atoms with Gasteiger partial charge in [0.15, 0.2) is 6.61 Å². The van der Waals surface area contributed by atoms with Crippen LogP contribution in [0.25, 0.3) is 0 Å². The molecule has 0 aliphatic carbocycles. The number of fused-ring (bicyclic) bond motifs is 1. The third-order valence-electron chi connectivity index (χ3n) is 4.01. The lowest BCUT2D eigenvalue weighted by Crippen LogP contribution is -2.35. The Hall–Kier alpha value is -1.55. The molecule has 4 nitrogen and oxygen atoms in total. The van der Waals surface area contributed by atoms with Gasteiger partial charge in [0, 0.05) is 13.1 Å². The number of likely N-dealkylation sites (N-methyl/N-ethyl adjacent to an activating group) is 1. The lowest BCUT2D eigenvalue weighted by atomic mass is 9.89. The zero-order chi connectivity index (χ0) is 14.0. The number of amides is 1. The largest absolute Gasteiger partial charge is 0.482 e. The van der Waals surface area contributed by atoms with Crippen molar-refractivity contribution >= 4 is 11.6 Å². The Bertz CT molecular complexity index is 469. The molecule has 19 heavy (non-hydrogen) atoms. The van der Waals surface area contributed by atoms with Gasteiger partial charge in [-0.15, -0.1) is 0 Å². The molecule has 2 N–H and O–H groups in total. The van der Waals surface area contributed by atoms with Gasteiger partial charge in [0.2, 0.25) is 0 Å². The van der Waals surface area contributed by atoms with Crippen molar-refractivity contribution < 1.29 is 9.53 Å². The first-order valence-corrected chi connectivity index (χ1v) is 6.87. The molecule has 1 amide bonds. The molecular weight excluding hydrogens is 240 g/mol. The van der Waals surface area contributed by atoms with Crippen LogP contribution in [0.3, 0.4) is 0 Å². The van der Waals surface area contributed by atoms with Crippen LogP contribution in [0.2, 0.25) is 0 Å². The van der Waals surface area contributed by atoms with Crippen LogP contribution < -0.4 is 15.4 Å². The molecule has 1 aliphatic heterocycles. The van der Waals surface area contributed by atoms with Crippen LogP contribution >= 0.6 is 0 Å². The number of hydrogen-bond donors (Lipinski definition) is 1. The van der Waals surface area contributed by atoms with E-state index in [2.05, 4.69) is 13.8 Å². The maximum absolute atomic E-state index is 11.7. The summed E-state index contributed by atoms with van der Waals surface area (Å²) in [4.78, 5) is 13.3. The molecule has 1 atom stereocenters. The molecule has 1 aromatic rings. The minimum Gasteiger partial charge on any atom is -0.482 e. The highest BCUT2D eigenvalue weighted by Crippen LogP contribution is 2.35. The van der Waals surface area contributed by atoms with Crippen LogP contribution in [-0.4, -0.2) is 19.6 Å². The van der Waals surface area contributed by atoms with Gasteiger partial charge in [-0.2, -0.15) is 0 Å². The van der Waals surface area contributed by atoms with Gasteiger partial charge in [-0.1, -0.05) is 32.8 Å². The third-order valence-corrected chi connectivity index (χ3v) is 4.01. The van der Waals surface area contributed by atoms with Crippen molar-refractivity contribution in [3.8, 4) is 5.75 Å². The zero-order valence-electron chi connectivity index (χ0n) is 11.8. The van der Waals surface area contributed by atoms with E-state index in [0.717, 1.165) is 29.8 Å². The average Bonchev–Trinajstić information content (AvgIpc) is 2.44. The van der Waals surface area contributed by atoms with Gasteiger partial charge in [0.05, 0.1) is 5.69 Å². The highest BCUT2D eigenvalue weighted by Gasteiger charge is 2.24. The molecule has 1 aliphatic rings. The summed E-state index contributed by atoms with van der Waals surface area (Å²) >= 11 is 0. The van der Waals surface area contributed by atoms with Crippen molar-refractivity contribution in [2.24, 2.45) is 11.7 Å². The Morgan fingerprint density at radius 3 is 2.68 bits per heavy atom. The van der Waals surface area contributed by atoms with Crippen LogP contribution in [0.4, 0.5) is 5.69 Å². The Labute approximate surface area is 114 Å². The number of benzene rings is 1. The molecule has 0 radical (unpaired) electrons. The number of carbonyl (C=O) groups is 1. The number of ether oxygens (including phenoxy) is 1. The van der Waals surface area contributed by atoms with E-state index in [1.165, 1.54) is 0 Å². The molecule has 0 saturated heterocycles. The van der Waals surface area contributed by atoms with Gasteiger partial charge >= 0.3 is 0 Å². The predicted octanol–water partition coefficient (Wildman–Crippen LogP) is 2.48. The summed E-state index contributed by atoms with van der Waals surface area (Å²) in [5.74, 6) is 1.19. The molecule has 1 heterocycles. The summed E-state index contributed by atoms with van der Waals surface area (Å²) in [6.07, 6.45) is 2.11. The maximum Gasteiger partial charge on any atom is 0.264 e. The third kappa shape index (κ3) is 2.59. The molecule has 2 rings (SSSR count). The predicted molar refractivity (Wildman–Crippen MR) is 76.3 cm³/mol. The smallest absolute Gasteiger partial charge is 0.264 e. The van der Waals surface area contributed by atoms with E-state index in [1.807, 2.05) is 18.2 Å². The van der Waals surface area contributed by atoms with Crippen LogP contribution in [0, 0.1) is 5.92 Å². The fraction of sp³-hybridized carbons (Fsp3) is 0.533. The van der Waals surface area contributed by atoms with Gasteiger partial charge in [-0.3, -0.25) is 4.79 Å². The van der Waals surface area contributed by atoms with Crippen molar-refractivity contribution in [3.63, 3.8) is 0 Å². The molecule has 0 fully saturated rings. The summed E-state index contributed by atoms with van der Waals surface area (Å²) in [7, 11) is 1.77. The Balaban J connectivity index is 2.32. The van der Waals surface area contributed by atoms with E-state index >= 15 is 0 Å². The number of nitrogens with two attached hydrogens (primary N) is 1. The Morgan fingerprint density at radius 2 is 2.05 bits per heavy atom. The normalized spacial score (nSPS) is 16.3. The van der Waals surface area contributed by atoms with E-state index in [-0.39, 0.29) is 18.6 Å². The minimum absolute atomic E-state index is 0.00530. The first kappa shape index (κ1) is 13.9. The SMILES string of the molecule is CCC(CC)C(N)c1ccc2c(c1)N(C)C(=O)CO2. The Morgan fingerprint density at radius 1 is 1.37 bits per heavy atom. The minimum atomic E-state index is -0.0271. The summed E-state index contributed by atoms with van der Waals surface area (Å²) in [5, 5.41) is 0. The van der Waals surface area contributed by atoms with Gasteiger partial charge in [-0.05, 0) is 23.6 Å². The van der Waals surface area contributed by atoms with Crippen molar-refractivity contribution in [1.29, 1.82) is 0 Å². The molecule has 0 bridgehead atoms. The zero-order valence-corrected chi connectivity index (χ0v) is 11.8. The molecule has 1 unspecified atom stereocenters. The summed E-state index contributed by atoms with van der Waals surface area (Å²) in [5.41, 5.74) is 8.21. The number of nitrogens with zero attached hydrogens (tertiary/aromatic N) is 1. The van der Waals surface area contributed by atoms with Crippen molar-refractivity contribution in [2.45, 2.75) is 32.7 Å². The van der Waals surface area contributed by atoms with Crippen LogP contribution in [0.1, 0.15) is 38.3 Å². The van der Waals surface area contributed by atoms with E-state index < -0.39 is 0 Å². The van der Waals surface area contributed by atoms with Crippen molar-refractivity contribution in [3.05, 3.63) is 23.8 Å². The molecule has 1 aromatic carbocycles. The molecule has 0 saturated carbocycles. The van der Waals surface area contributed by atoms with Crippen molar-refractivity contribution in [1.82, 2.24) is 0 Å². The highest BCUT2D eigenvalue weighted by atomic mass is 16.5. The van der Waals surface area contributed by atoms with Gasteiger partial charge in [0.1, 0.15) is 5.75 Å². The number of rotatable bonds is 4. The number of anilines is 1. The second-order valence-electron chi connectivity index (χ2n) is 5.07. The standard InChI is InChI=1S/C15H22N2O2/c1-4-10(5-2)15(16)11-6-7-13-12(8-11)17(3)14(18)9-19-13/h6-8,10,15H,4-5,9,16H2,1-3H3. The number of hydrogen-bond acceptors (Lipinski definition) is 3. The first-order chi connectivity index (χ1) is 9.08. The summed E-state index contributed by atoms with van der Waals surface area (Å²) in [6, 6.07) is 5.90. The second kappa shape index (κ2) is 5.61. The fourth-order valence-electron chi connectivity index (χ4n) is 2.57. The quantitative estimate of drug-likeness (QED) is 0.907. The topological polar surface area (TPSA) is 55.6 Å². The molecule has 0 aromatic heterocycles. The maximum atomic E-state index is 11.7. The molecule has 104 valence electrons. The van der Waals surface area contributed by atoms with Crippen molar-refractivity contribution in [2.75, 3.05) is 18.6 Å². The van der Waals surface area contributed by atoms with Crippen LogP contribution in [0.5, 0.6) is 5.75 Å². The summed E-state index contributed by atoms with van der Waals surface area (Å²) < 4.78 is 5.42. The number of carbonyl (C=O) groups excluding carboxylic acids is 1. The van der Waals surface area contributed by atoms with Gasteiger partial charge < -0.3 is 15.4 Å². The Kier molecular flexibility index (Phi) is 4.10. The van der Waals surface area contributed by atoms with E-state index in [1.54, 1.807) is 11.9 Å².